The highest BCUT2D eigenvalue weighted by molar-refractivity contribution is 5.88. The van der Waals surface area contributed by atoms with Crippen LogP contribution >= 0.6 is 0 Å². The third kappa shape index (κ3) is 2.36. The summed E-state index contributed by atoms with van der Waals surface area (Å²) in [6.45, 7) is 4.35. The highest BCUT2D eigenvalue weighted by Gasteiger charge is 2.48. The molecule has 1 heterocycles. The van der Waals surface area contributed by atoms with Crippen LogP contribution in [0.25, 0.3) is 0 Å². The number of piperidine rings is 1. The molecule has 0 aromatic carbocycles. The molecular formula is C14H24N2O3. The second kappa shape index (κ2) is 5.12. The smallest absolute Gasteiger partial charge is 0.326 e. The van der Waals surface area contributed by atoms with E-state index in [0.717, 1.165) is 32.1 Å². The number of rotatable bonds is 2. The van der Waals surface area contributed by atoms with E-state index in [1.807, 2.05) is 13.8 Å². The van der Waals surface area contributed by atoms with Crippen LogP contribution in [-0.4, -0.2) is 40.5 Å². The molecular weight excluding hydrogens is 244 g/mol. The van der Waals surface area contributed by atoms with Crippen molar-refractivity contribution in [2.24, 2.45) is 17.1 Å². The Balaban J connectivity index is 2.23. The molecule has 2 aliphatic rings. The second-order valence-electron chi connectivity index (χ2n) is 6.32. The number of carbonyl (C=O) groups is 2. The molecule has 5 heteroatoms. The number of nitrogens with two attached hydrogens (primary N) is 1. The van der Waals surface area contributed by atoms with Gasteiger partial charge in [-0.1, -0.05) is 13.3 Å². The molecule has 2 fully saturated rings. The highest BCUT2D eigenvalue weighted by Crippen LogP contribution is 2.40. The first kappa shape index (κ1) is 14.3. The van der Waals surface area contributed by atoms with Gasteiger partial charge in [0, 0.05) is 12.6 Å². The molecule has 1 amide bonds. The van der Waals surface area contributed by atoms with Crippen molar-refractivity contribution in [1.82, 2.24) is 4.90 Å². The van der Waals surface area contributed by atoms with Gasteiger partial charge in [0.1, 0.15) is 6.04 Å². The Morgan fingerprint density at radius 1 is 1.32 bits per heavy atom. The van der Waals surface area contributed by atoms with Gasteiger partial charge in [0.2, 0.25) is 5.91 Å². The minimum Gasteiger partial charge on any atom is -0.480 e. The minimum absolute atomic E-state index is 0.0106. The molecule has 1 saturated carbocycles. The van der Waals surface area contributed by atoms with Gasteiger partial charge in [0.25, 0.3) is 0 Å². The number of likely N-dealkylation sites (tertiary alicyclic amines) is 1. The van der Waals surface area contributed by atoms with Gasteiger partial charge < -0.3 is 15.7 Å². The van der Waals surface area contributed by atoms with Crippen LogP contribution in [-0.2, 0) is 9.59 Å². The zero-order chi connectivity index (χ0) is 14.2. The van der Waals surface area contributed by atoms with Crippen LogP contribution in [0, 0.1) is 11.3 Å². The van der Waals surface area contributed by atoms with Crippen molar-refractivity contribution in [3.63, 3.8) is 0 Å². The number of aliphatic carboxylic acids is 1. The van der Waals surface area contributed by atoms with Gasteiger partial charge in [-0.2, -0.15) is 0 Å². The van der Waals surface area contributed by atoms with Crippen molar-refractivity contribution in [2.45, 2.75) is 58.0 Å². The van der Waals surface area contributed by atoms with Crippen molar-refractivity contribution in [3.8, 4) is 0 Å². The van der Waals surface area contributed by atoms with E-state index in [0.29, 0.717) is 6.54 Å². The molecule has 3 N–H and O–H groups in total. The topological polar surface area (TPSA) is 83.6 Å². The molecule has 0 aromatic heterocycles. The molecule has 1 aliphatic carbocycles. The van der Waals surface area contributed by atoms with E-state index in [4.69, 9.17) is 5.73 Å². The molecule has 1 saturated heterocycles. The zero-order valence-corrected chi connectivity index (χ0v) is 11.8. The summed E-state index contributed by atoms with van der Waals surface area (Å²) < 4.78 is 0. The van der Waals surface area contributed by atoms with Gasteiger partial charge >= 0.3 is 5.97 Å². The summed E-state index contributed by atoms with van der Waals surface area (Å²) in [5.74, 6) is -0.941. The molecule has 4 atom stereocenters. The van der Waals surface area contributed by atoms with Crippen molar-refractivity contribution in [2.75, 3.05) is 6.54 Å². The third-order valence-corrected chi connectivity index (χ3v) is 4.97. The molecule has 4 unspecified atom stereocenters. The Morgan fingerprint density at radius 3 is 2.53 bits per heavy atom. The van der Waals surface area contributed by atoms with Gasteiger partial charge in [-0.05, 0) is 38.5 Å². The van der Waals surface area contributed by atoms with Crippen LogP contribution in [0.4, 0.5) is 0 Å². The van der Waals surface area contributed by atoms with Gasteiger partial charge in [0.05, 0.1) is 5.41 Å². The Hall–Kier alpha value is -1.10. The summed E-state index contributed by atoms with van der Waals surface area (Å²) >= 11 is 0. The van der Waals surface area contributed by atoms with Gasteiger partial charge in [-0.15, -0.1) is 0 Å². The summed E-state index contributed by atoms with van der Waals surface area (Å²) in [4.78, 5) is 25.8. The lowest BCUT2D eigenvalue weighted by Gasteiger charge is -2.42. The number of nitrogens with zero attached hydrogens (tertiary/aromatic N) is 1. The lowest BCUT2D eigenvalue weighted by molar-refractivity contribution is -0.159. The Morgan fingerprint density at radius 2 is 2.00 bits per heavy atom. The van der Waals surface area contributed by atoms with Crippen LogP contribution in [0.2, 0.25) is 0 Å². The summed E-state index contributed by atoms with van der Waals surface area (Å²) in [5.41, 5.74) is 5.50. The summed E-state index contributed by atoms with van der Waals surface area (Å²) in [6.07, 6.45) is 4.31. The average Bonchev–Trinajstić information content (AvgIpc) is 2.69. The van der Waals surface area contributed by atoms with Crippen molar-refractivity contribution in [3.05, 3.63) is 0 Å². The van der Waals surface area contributed by atoms with E-state index in [9.17, 15) is 14.7 Å². The zero-order valence-electron chi connectivity index (χ0n) is 11.8. The lowest BCUT2D eigenvalue weighted by atomic mass is 9.81. The standard InChI is InChI=1S/C14H24N2O3/c1-9-5-4-8-16(11(9)12(17)18)13(19)14(2)7-3-6-10(14)15/h9-11H,3-8,15H2,1-2H3,(H,17,18). The first-order valence-electron chi connectivity index (χ1n) is 7.17. The fourth-order valence-corrected chi connectivity index (χ4v) is 3.58. The van der Waals surface area contributed by atoms with E-state index >= 15 is 0 Å². The number of hydrogen-bond acceptors (Lipinski definition) is 3. The molecule has 0 bridgehead atoms. The molecule has 108 valence electrons. The Bertz CT molecular complexity index is 385. The normalized spacial score (nSPS) is 39.3. The minimum atomic E-state index is -0.893. The average molecular weight is 268 g/mol. The summed E-state index contributed by atoms with van der Waals surface area (Å²) in [5, 5.41) is 9.40. The number of carbonyl (C=O) groups excluding carboxylic acids is 1. The fourth-order valence-electron chi connectivity index (χ4n) is 3.58. The monoisotopic (exact) mass is 268 g/mol. The second-order valence-corrected chi connectivity index (χ2v) is 6.32. The van der Waals surface area contributed by atoms with Crippen molar-refractivity contribution in [1.29, 1.82) is 0 Å². The molecule has 0 spiro atoms. The molecule has 5 nitrogen and oxygen atoms in total. The van der Waals surface area contributed by atoms with Crippen LogP contribution < -0.4 is 5.73 Å². The number of amides is 1. The lowest BCUT2D eigenvalue weighted by Crippen LogP contribution is -2.58. The van der Waals surface area contributed by atoms with Crippen molar-refractivity contribution < 1.29 is 14.7 Å². The maximum atomic E-state index is 12.8. The summed E-state index contributed by atoms with van der Waals surface area (Å²) in [7, 11) is 0. The predicted octanol–water partition coefficient (Wildman–Crippen LogP) is 1.22. The SMILES string of the molecule is CC1CCCN(C(=O)C2(C)CCCC2N)C1C(=O)O. The molecule has 19 heavy (non-hydrogen) atoms. The van der Waals surface area contributed by atoms with E-state index in [-0.39, 0.29) is 17.9 Å². The first-order valence-corrected chi connectivity index (χ1v) is 7.17. The van der Waals surface area contributed by atoms with E-state index < -0.39 is 17.4 Å². The van der Waals surface area contributed by atoms with Gasteiger partial charge in [0.15, 0.2) is 0 Å². The first-order chi connectivity index (χ1) is 8.88. The fraction of sp³-hybridized carbons (Fsp3) is 0.857. The van der Waals surface area contributed by atoms with E-state index in [1.165, 1.54) is 0 Å². The maximum absolute atomic E-state index is 12.8. The Labute approximate surface area is 114 Å². The van der Waals surface area contributed by atoms with E-state index in [2.05, 4.69) is 0 Å². The number of carboxylic acids is 1. The molecule has 0 radical (unpaired) electrons. The quantitative estimate of drug-likeness (QED) is 0.788. The number of carboxylic acid groups (broad SMARTS) is 1. The van der Waals surface area contributed by atoms with Crippen LogP contribution in [0.5, 0.6) is 0 Å². The molecule has 2 rings (SSSR count). The summed E-state index contributed by atoms with van der Waals surface area (Å²) in [6, 6.07) is -0.836. The largest absolute Gasteiger partial charge is 0.480 e. The van der Waals surface area contributed by atoms with Gasteiger partial charge in [-0.3, -0.25) is 4.79 Å². The third-order valence-electron chi connectivity index (χ3n) is 4.97. The Kier molecular flexibility index (Phi) is 3.85. The van der Waals surface area contributed by atoms with Crippen molar-refractivity contribution >= 4 is 11.9 Å². The van der Waals surface area contributed by atoms with Crippen LogP contribution in [0.15, 0.2) is 0 Å². The van der Waals surface area contributed by atoms with Gasteiger partial charge in [-0.25, -0.2) is 4.79 Å². The highest BCUT2D eigenvalue weighted by atomic mass is 16.4. The predicted molar refractivity (Wildman–Crippen MR) is 71.5 cm³/mol. The number of hydrogen-bond donors (Lipinski definition) is 2. The maximum Gasteiger partial charge on any atom is 0.326 e. The van der Waals surface area contributed by atoms with Crippen LogP contribution in [0.1, 0.15) is 46.0 Å². The van der Waals surface area contributed by atoms with Crippen LogP contribution in [0.3, 0.4) is 0 Å². The molecule has 1 aliphatic heterocycles. The molecule has 0 aromatic rings. The van der Waals surface area contributed by atoms with E-state index in [1.54, 1.807) is 4.90 Å².